The number of carbonyl (C=O) groups excluding carboxylic acids is 12. The topological polar surface area (TPSA) is 312 Å². The van der Waals surface area contributed by atoms with E-state index in [1.807, 2.05) is 67.5 Å². The van der Waals surface area contributed by atoms with Gasteiger partial charge in [-0.2, -0.15) is 0 Å². The lowest BCUT2D eigenvalue weighted by atomic mass is 9.83. The highest BCUT2D eigenvalue weighted by Crippen LogP contribution is 2.32. The number of unbranched alkanes of at least 4 members (excludes halogenated alkanes) is 1. The summed E-state index contributed by atoms with van der Waals surface area (Å²) >= 11 is 0. The van der Waals surface area contributed by atoms with Gasteiger partial charge in [0.15, 0.2) is 0 Å². The molecule has 12 amide bonds. The van der Waals surface area contributed by atoms with Crippen LogP contribution in [-0.2, 0) is 62.3 Å². The highest BCUT2D eigenvalue weighted by Gasteiger charge is 2.45. The van der Waals surface area contributed by atoms with Crippen molar-refractivity contribution in [3.63, 3.8) is 0 Å². The fourth-order valence-corrected chi connectivity index (χ4v) is 14.9. The molecule has 5 N–H and O–H groups in total. The normalized spacial score (nSPS) is 27.0. The summed E-state index contributed by atoms with van der Waals surface area (Å²) in [6, 6.07) is -13.0. The largest absolute Gasteiger partial charge is 0.391 e. The molecule has 4 aliphatic rings. The summed E-state index contributed by atoms with van der Waals surface area (Å²) in [6.45, 7) is 19.9. The summed E-state index contributed by atoms with van der Waals surface area (Å²) in [5.74, 6) is -9.10. The van der Waals surface area contributed by atoms with E-state index < -0.39 is 156 Å². The molecule has 0 aromatic carbocycles. The highest BCUT2D eigenvalue weighted by molar-refractivity contribution is 6.00. The summed E-state index contributed by atoms with van der Waals surface area (Å²) in [5.41, 5.74) is 0. The lowest BCUT2D eigenvalue weighted by Gasteiger charge is -2.40. The van der Waals surface area contributed by atoms with Crippen LogP contribution in [-0.4, -0.2) is 289 Å². The first-order valence-corrected chi connectivity index (χ1v) is 38.7. The van der Waals surface area contributed by atoms with Crippen LogP contribution in [0.4, 0.5) is 0 Å². The molecule has 27 heteroatoms. The molecule has 103 heavy (non-hydrogen) atoms. The van der Waals surface area contributed by atoms with Gasteiger partial charge in [-0.25, -0.2) is 0 Å². The van der Waals surface area contributed by atoms with E-state index in [0.717, 1.165) is 75.5 Å². The molecule has 0 radical (unpaired) electrons. The first-order chi connectivity index (χ1) is 48.4. The minimum absolute atomic E-state index is 0.00758. The Morgan fingerprint density at radius 1 is 0.524 bits per heavy atom. The van der Waals surface area contributed by atoms with Gasteiger partial charge < -0.3 is 75.2 Å². The average Bonchev–Trinajstić information content (AvgIpc) is 0.816. The van der Waals surface area contributed by atoms with E-state index in [2.05, 4.69) is 21.3 Å². The van der Waals surface area contributed by atoms with E-state index >= 15 is 33.6 Å². The summed E-state index contributed by atoms with van der Waals surface area (Å²) in [7, 11) is 12.5. The van der Waals surface area contributed by atoms with Crippen molar-refractivity contribution in [3.05, 3.63) is 0 Å². The Balaban J connectivity index is 1.99. The van der Waals surface area contributed by atoms with Crippen molar-refractivity contribution in [1.29, 1.82) is 0 Å². The Bertz CT molecular complexity index is 2790. The number of carbonyl (C=O) groups is 12. The van der Waals surface area contributed by atoms with Gasteiger partial charge in [-0.15, -0.1) is 0 Å². The molecule has 2 saturated carbocycles. The number of nitrogens with zero attached hydrogens (tertiary/aromatic N) is 9. The number of hydrogen-bond acceptors (Lipinski definition) is 15. The van der Waals surface area contributed by atoms with E-state index in [4.69, 9.17) is 4.74 Å². The first-order valence-electron chi connectivity index (χ1n) is 38.7. The van der Waals surface area contributed by atoms with E-state index in [1.54, 1.807) is 25.8 Å². The Kier molecular flexibility index (Phi) is 37.3. The molecule has 0 unspecified atom stereocenters. The third kappa shape index (κ3) is 26.8. The number of hydrogen-bond donors (Lipinski definition) is 5. The molecular formula is C76H135N13O14. The third-order valence-corrected chi connectivity index (χ3v) is 21.5. The summed E-state index contributed by atoms with van der Waals surface area (Å²) < 4.78 is 6.07. The van der Waals surface area contributed by atoms with Gasteiger partial charge in [0.25, 0.3) is 0 Å². The first kappa shape index (κ1) is 88.9. The number of likely N-dealkylation sites (N-methyl/N-ethyl adjacent to an activating group) is 7. The number of nitrogens with one attached hydrogen (secondary N) is 4. The van der Waals surface area contributed by atoms with Crippen LogP contribution in [0.3, 0.4) is 0 Å². The quantitative estimate of drug-likeness (QED) is 0.0978. The zero-order valence-electron chi connectivity index (χ0n) is 66.4. The smallest absolute Gasteiger partial charge is 0.248 e. The maximum Gasteiger partial charge on any atom is 0.248 e. The number of aliphatic hydroxyl groups is 1. The molecule has 27 nitrogen and oxygen atoms in total. The molecule has 588 valence electrons. The number of amides is 12. The lowest BCUT2D eigenvalue weighted by Crippen LogP contribution is -2.62. The second-order valence-corrected chi connectivity index (χ2v) is 32.1. The van der Waals surface area contributed by atoms with Gasteiger partial charge in [0.1, 0.15) is 60.4 Å². The summed E-state index contributed by atoms with van der Waals surface area (Å²) in [6.07, 6.45) is 10.9. The van der Waals surface area contributed by atoms with Gasteiger partial charge in [-0.3, -0.25) is 57.5 Å². The van der Waals surface area contributed by atoms with Gasteiger partial charge in [-0.05, 0) is 121 Å². The Morgan fingerprint density at radius 2 is 1.00 bits per heavy atom. The standard InChI is InChI=1S/C76H135N13O14/c1-20-21-35-89-46-64(92)87(19)66(51(8)9)70(96)78-57(73(99)88-36-29-24-30-37-88)45-63(91)82(14)52(10)67(93)79-58(47-103-39-38-81(12)13)72(98)85(17)61(42-50(6)7)74(100)84(16)60(43-54-31-25-22-26-32-54)68(94)77-56(40-48(2)3)71(97)86(18)62(44-55-33-27-23-28-34-55)75(101)83(15)59(41-49(4)5)69(95)80-65(53(11)90)76(89)102/h48-62,65-66,90H,20-47H2,1-19H3,(H,77,94)(H,78,96)(H,79,93)(H,80,95)/t52-,53+,56-,57-,58-,59-,60-,61-,62-,65-,66-/m0/s1. The molecule has 0 aromatic rings. The predicted octanol–water partition coefficient (Wildman–Crippen LogP) is 4.65. The highest BCUT2D eigenvalue weighted by atomic mass is 16.5. The van der Waals surface area contributed by atoms with Crippen LogP contribution in [0.25, 0.3) is 0 Å². The van der Waals surface area contributed by atoms with Gasteiger partial charge in [0.05, 0.1) is 32.3 Å². The molecule has 0 bridgehead atoms. The number of ether oxygens (including phenoxy) is 1. The van der Waals surface area contributed by atoms with Crippen LogP contribution < -0.4 is 21.3 Å². The van der Waals surface area contributed by atoms with Gasteiger partial charge in [-0.1, -0.05) is 133 Å². The fraction of sp³-hybridized carbons (Fsp3) is 0.842. The Hall–Kier alpha value is -6.48. The third-order valence-electron chi connectivity index (χ3n) is 21.5. The van der Waals surface area contributed by atoms with Crippen molar-refractivity contribution in [3.8, 4) is 0 Å². The van der Waals surface area contributed by atoms with Gasteiger partial charge in [0, 0.05) is 68.5 Å². The van der Waals surface area contributed by atoms with Crippen LogP contribution in [0.1, 0.15) is 211 Å². The van der Waals surface area contributed by atoms with Gasteiger partial charge >= 0.3 is 0 Å². The molecule has 2 aliphatic carbocycles. The Labute approximate surface area is 616 Å². The maximum atomic E-state index is 15.7. The molecule has 0 spiro atoms. The molecule has 4 rings (SSSR count). The molecule has 4 fully saturated rings. The molecule has 2 saturated heterocycles. The van der Waals surface area contributed by atoms with Gasteiger partial charge in [0.2, 0.25) is 70.9 Å². The second kappa shape index (κ2) is 43.2. The second-order valence-electron chi connectivity index (χ2n) is 32.1. The summed E-state index contributed by atoms with van der Waals surface area (Å²) in [5, 5.41) is 23.0. The molecule has 2 aliphatic heterocycles. The average molecular weight is 1450 g/mol. The minimum Gasteiger partial charge on any atom is -0.391 e. The van der Waals surface area contributed by atoms with Crippen LogP contribution >= 0.6 is 0 Å². The van der Waals surface area contributed by atoms with Crippen LogP contribution in [0.2, 0.25) is 0 Å². The van der Waals surface area contributed by atoms with Crippen LogP contribution in [0.15, 0.2) is 0 Å². The van der Waals surface area contributed by atoms with Crippen LogP contribution in [0.5, 0.6) is 0 Å². The van der Waals surface area contributed by atoms with E-state index in [0.29, 0.717) is 45.3 Å². The zero-order chi connectivity index (χ0) is 77.3. The molecule has 11 atom stereocenters. The minimum atomic E-state index is -1.63. The number of piperidine rings is 1. The van der Waals surface area contributed by atoms with E-state index in [-0.39, 0.29) is 81.5 Å². The van der Waals surface area contributed by atoms with Crippen molar-refractivity contribution in [2.24, 2.45) is 35.5 Å². The lowest BCUT2D eigenvalue weighted by molar-refractivity contribution is -0.152. The Morgan fingerprint density at radius 3 is 1.52 bits per heavy atom. The number of rotatable bonds is 21. The number of aliphatic hydroxyl groups excluding tert-OH is 1. The van der Waals surface area contributed by atoms with Crippen molar-refractivity contribution in [2.45, 2.75) is 278 Å². The van der Waals surface area contributed by atoms with Crippen molar-refractivity contribution < 1.29 is 67.4 Å². The number of likely N-dealkylation sites (tertiary alicyclic amines) is 1. The fourth-order valence-electron chi connectivity index (χ4n) is 14.9. The SMILES string of the molecule is CCCCN1CC(=O)N(C)[C@@H](C(C)C)C(=O)N[C@H](C(=O)N2CCCCC2)CC(=O)N(C)[C@@H](C)C(=O)N[C@@H](COCCN(C)C)C(=O)N(C)[C@@H](CC(C)C)C(=O)N(C)[C@@H](CC2CCCCC2)C(=O)N[C@@H](CC(C)C)C(=O)N(C)[C@@H](CC2CCCCC2)C(=O)N(C)[C@@H](CC(C)C)C(=O)N[C@@H]([C@@H](C)O)C1=O. The molecule has 0 aromatic heterocycles. The zero-order valence-corrected chi connectivity index (χ0v) is 66.4. The summed E-state index contributed by atoms with van der Waals surface area (Å²) in [4.78, 5) is 194. The molecule has 2 heterocycles. The van der Waals surface area contributed by atoms with Crippen molar-refractivity contribution in [1.82, 2.24) is 65.4 Å². The van der Waals surface area contributed by atoms with E-state index in [1.165, 1.54) is 78.5 Å². The maximum absolute atomic E-state index is 15.7. The van der Waals surface area contributed by atoms with Crippen LogP contribution in [0, 0.1) is 35.5 Å². The monoisotopic (exact) mass is 1450 g/mol. The van der Waals surface area contributed by atoms with Crippen molar-refractivity contribution in [2.75, 3.05) is 102 Å². The van der Waals surface area contributed by atoms with Crippen molar-refractivity contribution >= 4 is 70.9 Å². The predicted molar refractivity (Wildman–Crippen MR) is 396 cm³/mol. The molecular weight excluding hydrogens is 1320 g/mol. The van der Waals surface area contributed by atoms with E-state index in [9.17, 15) is 29.1 Å².